The van der Waals surface area contributed by atoms with Crippen LogP contribution < -0.4 is 10.6 Å². The van der Waals surface area contributed by atoms with Gasteiger partial charge in [0.05, 0.1) is 5.69 Å². The molecule has 20 heavy (non-hydrogen) atoms. The average Bonchev–Trinajstić information content (AvgIpc) is 2.75. The number of urea groups is 1. The number of anilines is 1. The van der Waals surface area contributed by atoms with Gasteiger partial charge in [0.1, 0.15) is 5.54 Å². The van der Waals surface area contributed by atoms with Crippen molar-refractivity contribution in [3.05, 3.63) is 10.6 Å². The van der Waals surface area contributed by atoms with Crippen LogP contribution in [0.1, 0.15) is 42.7 Å². The second kappa shape index (κ2) is 5.05. The van der Waals surface area contributed by atoms with Gasteiger partial charge in [-0.1, -0.05) is 0 Å². The summed E-state index contributed by atoms with van der Waals surface area (Å²) in [5.41, 5.74) is -0.00540. The highest BCUT2D eigenvalue weighted by atomic mass is 32.1. The SMILES string of the molecule is O=C(Nc1nc2c(s1)CCCC2)NC1(C(=O)O)CCC1. The summed E-state index contributed by atoms with van der Waals surface area (Å²) in [5.74, 6) is -0.961. The number of carboxylic acid groups (broad SMARTS) is 1. The van der Waals surface area contributed by atoms with Gasteiger partial charge in [-0.2, -0.15) is 0 Å². The summed E-state index contributed by atoms with van der Waals surface area (Å²) in [6.07, 6.45) is 6.11. The monoisotopic (exact) mass is 295 g/mol. The van der Waals surface area contributed by atoms with Crippen LogP contribution in [0.15, 0.2) is 0 Å². The largest absolute Gasteiger partial charge is 0.480 e. The van der Waals surface area contributed by atoms with Crippen LogP contribution in [0.25, 0.3) is 0 Å². The van der Waals surface area contributed by atoms with Gasteiger partial charge < -0.3 is 10.4 Å². The molecule has 0 radical (unpaired) electrons. The number of aromatic nitrogens is 1. The van der Waals surface area contributed by atoms with Crippen LogP contribution in [-0.4, -0.2) is 27.6 Å². The van der Waals surface area contributed by atoms with Crippen LogP contribution >= 0.6 is 11.3 Å². The van der Waals surface area contributed by atoms with Crippen LogP contribution in [0.4, 0.5) is 9.93 Å². The van der Waals surface area contributed by atoms with E-state index in [2.05, 4.69) is 15.6 Å². The van der Waals surface area contributed by atoms with Gasteiger partial charge in [-0.3, -0.25) is 5.32 Å². The predicted octanol–water partition coefficient (Wildman–Crippen LogP) is 2.15. The molecule has 0 aromatic carbocycles. The van der Waals surface area contributed by atoms with Gasteiger partial charge in [-0.15, -0.1) is 11.3 Å². The minimum absolute atomic E-state index is 0.474. The summed E-state index contributed by atoms with van der Waals surface area (Å²) in [7, 11) is 0. The van der Waals surface area contributed by atoms with Gasteiger partial charge >= 0.3 is 12.0 Å². The molecule has 1 fully saturated rings. The fraction of sp³-hybridized carbons (Fsp3) is 0.615. The molecule has 0 unspecified atom stereocenters. The first-order valence-corrected chi connectivity index (χ1v) is 7.72. The number of thiazole rings is 1. The Morgan fingerprint density at radius 2 is 1.95 bits per heavy atom. The zero-order valence-electron chi connectivity index (χ0n) is 11.1. The summed E-state index contributed by atoms with van der Waals surface area (Å²) in [6, 6.07) is -0.474. The molecule has 1 saturated carbocycles. The fourth-order valence-electron chi connectivity index (χ4n) is 2.67. The maximum absolute atomic E-state index is 11.9. The van der Waals surface area contributed by atoms with E-state index in [-0.39, 0.29) is 0 Å². The number of aryl methyl sites for hydroxylation is 2. The van der Waals surface area contributed by atoms with Crippen LogP contribution in [0.5, 0.6) is 0 Å². The average molecular weight is 295 g/mol. The first kappa shape index (κ1) is 13.4. The molecule has 6 nitrogen and oxygen atoms in total. The van der Waals surface area contributed by atoms with Crippen LogP contribution in [-0.2, 0) is 17.6 Å². The summed E-state index contributed by atoms with van der Waals surface area (Å²) < 4.78 is 0. The number of nitrogens with one attached hydrogen (secondary N) is 2. The van der Waals surface area contributed by atoms with E-state index in [1.807, 2.05) is 0 Å². The van der Waals surface area contributed by atoms with Crippen LogP contribution in [0.2, 0.25) is 0 Å². The maximum Gasteiger partial charge on any atom is 0.329 e. The van der Waals surface area contributed by atoms with Crippen molar-refractivity contribution in [2.75, 3.05) is 5.32 Å². The normalized spacial score (nSPS) is 19.6. The Hall–Kier alpha value is -1.63. The van der Waals surface area contributed by atoms with Crippen molar-refractivity contribution in [3.63, 3.8) is 0 Å². The second-order valence-corrected chi connectivity index (χ2v) is 6.50. The van der Waals surface area contributed by atoms with E-state index in [1.54, 1.807) is 0 Å². The van der Waals surface area contributed by atoms with Crippen molar-refractivity contribution in [1.29, 1.82) is 0 Å². The third-order valence-electron chi connectivity index (χ3n) is 4.04. The molecule has 3 rings (SSSR count). The second-order valence-electron chi connectivity index (χ2n) is 5.42. The molecule has 108 valence electrons. The van der Waals surface area contributed by atoms with Gasteiger partial charge in [0.15, 0.2) is 5.13 Å². The Kier molecular flexibility index (Phi) is 3.37. The van der Waals surface area contributed by atoms with Crippen LogP contribution in [0, 0.1) is 0 Å². The van der Waals surface area contributed by atoms with Gasteiger partial charge in [-0.05, 0) is 44.9 Å². The van der Waals surface area contributed by atoms with E-state index in [0.29, 0.717) is 18.0 Å². The first-order chi connectivity index (χ1) is 9.59. The highest BCUT2D eigenvalue weighted by molar-refractivity contribution is 7.15. The predicted molar refractivity (Wildman–Crippen MR) is 75.1 cm³/mol. The first-order valence-electron chi connectivity index (χ1n) is 6.90. The number of nitrogens with zero attached hydrogens (tertiary/aromatic N) is 1. The molecule has 0 saturated heterocycles. The lowest BCUT2D eigenvalue weighted by Gasteiger charge is -2.37. The Morgan fingerprint density at radius 1 is 1.20 bits per heavy atom. The van der Waals surface area contributed by atoms with E-state index in [9.17, 15) is 14.7 Å². The minimum Gasteiger partial charge on any atom is -0.480 e. The van der Waals surface area contributed by atoms with Crippen molar-refractivity contribution in [2.45, 2.75) is 50.5 Å². The van der Waals surface area contributed by atoms with E-state index in [4.69, 9.17) is 0 Å². The molecule has 3 N–H and O–H groups in total. The minimum atomic E-state index is -1.08. The molecule has 7 heteroatoms. The van der Waals surface area contributed by atoms with Gasteiger partial charge in [-0.25, -0.2) is 14.6 Å². The Balaban J connectivity index is 1.64. The highest BCUT2D eigenvalue weighted by Gasteiger charge is 2.45. The molecule has 0 bridgehead atoms. The molecule has 2 amide bonds. The number of carbonyl (C=O) groups excluding carboxylic acids is 1. The number of aliphatic carboxylic acids is 1. The topological polar surface area (TPSA) is 91.3 Å². The third-order valence-corrected chi connectivity index (χ3v) is 5.11. The van der Waals surface area contributed by atoms with E-state index >= 15 is 0 Å². The summed E-state index contributed by atoms with van der Waals surface area (Å²) in [6.45, 7) is 0. The summed E-state index contributed by atoms with van der Waals surface area (Å²) in [5, 5.41) is 15.0. The van der Waals surface area contributed by atoms with Gasteiger partial charge in [0, 0.05) is 4.88 Å². The van der Waals surface area contributed by atoms with E-state index < -0.39 is 17.5 Å². The fourth-order valence-corrected chi connectivity index (χ4v) is 3.72. The molecule has 0 aliphatic heterocycles. The lowest BCUT2D eigenvalue weighted by atomic mass is 9.77. The van der Waals surface area contributed by atoms with Crippen molar-refractivity contribution in [1.82, 2.24) is 10.3 Å². The number of hydrogen-bond acceptors (Lipinski definition) is 4. The Morgan fingerprint density at radius 3 is 2.55 bits per heavy atom. The number of carboxylic acids is 1. The maximum atomic E-state index is 11.9. The standard InChI is InChI=1S/C13H17N3O3S/c17-10(18)13(6-3-7-13)16-11(19)15-12-14-8-4-1-2-5-9(8)20-12/h1-7H2,(H,17,18)(H2,14,15,16,19). The van der Waals surface area contributed by atoms with Gasteiger partial charge in [0.25, 0.3) is 0 Å². The Bertz CT molecular complexity index is 528. The summed E-state index contributed by atoms with van der Waals surface area (Å²) >= 11 is 1.49. The van der Waals surface area contributed by atoms with Crippen molar-refractivity contribution in [3.8, 4) is 0 Å². The molecular formula is C13H17N3O3S. The van der Waals surface area contributed by atoms with E-state index in [1.165, 1.54) is 22.6 Å². The molecule has 0 atom stereocenters. The molecule has 1 heterocycles. The van der Waals surface area contributed by atoms with Crippen molar-refractivity contribution >= 4 is 28.5 Å². The van der Waals surface area contributed by atoms with Crippen molar-refractivity contribution in [2.24, 2.45) is 0 Å². The summed E-state index contributed by atoms with van der Waals surface area (Å²) in [4.78, 5) is 28.8. The molecule has 2 aliphatic rings. The van der Waals surface area contributed by atoms with Crippen LogP contribution in [0.3, 0.4) is 0 Å². The quantitative estimate of drug-likeness (QED) is 0.797. The zero-order chi connectivity index (χ0) is 14.2. The number of carbonyl (C=O) groups is 2. The number of amides is 2. The highest BCUT2D eigenvalue weighted by Crippen LogP contribution is 2.33. The Labute approximate surface area is 120 Å². The lowest BCUT2D eigenvalue weighted by Crippen LogP contribution is -2.60. The van der Waals surface area contributed by atoms with Gasteiger partial charge in [0.2, 0.25) is 0 Å². The molecule has 1 aromatic heterocycles. The smallest absolute Gasteiger partial charge is 0.329 e. The van der Waals surface area contributed by atoms with E-state index in [0.717, 1.165) is 31.4 Å². The molecule has 0 spiro atoms. The number of fused-ring (bicyclic) bond motifs is 1. The molecule has 2 aliphatic carbocycles. The number of hydrogen-bond donors (Lipinski definition) is 3. The third kappa shape index (κ3) is 2.37. The molecule has 1 aromatic rings. The lowest BCUT2D eigenvalue weighted by molar-refractivity contribution is -0.148. The van der Waals surface area contributed by atoms with Crippen molar-refractivity contribution < 1.29 is 14.7 Å². The zero-order valence-corrected chi connectivity index (χ0v) is 11.9. The number of rotatable bonds is 3. The molecular weight excluding hydrogens is 278 g/mol.